The zero-order chi connectivity index (χ0) is 12.9. The van der Waals surface area contributed by atoms with Crippen LogP contribution in [0.3, 0.4) is 0 Å². The van der Waals surface area contributed by atoms with Gasteiger partial charge in [-0.15, -0.1) is 0 Å². The minimum Gasteiger partial charge on any atom is -0.334 e. The summed E-state index contributed by atoms with van der Waals surface area (Å²) in [5.41, 5.74) is 0. The topological polar surface area (TPSA) is 75.8 Å². The van der Waals surface area contributed by atoms with E-state index in [9.17, 15) is 8.42 Å². The molecule has 7 heteroatoms. The fourth-order valence-corrected chi connectivity index (χ4v) is 2.20. The Morgan fingerprint density at radius 3 is 2.76 bits per heavy atom. The van der Waals surface area contributed by atoms with Gasteiger partial charge < -0.3 is 4.57 Å². The summed E-state index contributed by atoms with van der Waals surface area (Å²) >= 11 is 0. The van der Waals surface area contributed by atoms with E-state index in [1.54, 1.807) is 4.57 Å². The van der Waals surface area contributed by atoms with Gasteiger partial charge in [0.15, 0.2) is 5.03 Å². The van der Waals surface area contributed by atoms with Crippen molar-refractivity contribution in [2.24, 2.45) is 0 Å². The summed E-state index contributed by atoms with van der Waals surface area (Å²) in [4.78, 5) is 3.98. The van der Waals surface area contributed by atoms with Crippen molar-refractivity contribution < 1.29 is 8.42 Å². The van der Waals surface area contributed by atoms with E-state index in [1.807, 2.05) is 6.92 Å². The Balaban J connectivity index is 2.78. The molecule has 0 amide bonds. The van der Waals surface area contributed by atoms with E-state index >= 15 is 0 Å². The second-order valence-electron chi connectivity index (χ2n) is 3.60. The Hall–Kier alpha value is -1.06. The van der Waals surface area contributed by atoms with Crippen molar-refractivity contribution in [2.75, 3.05) is 0 Å². The maximum atomic E-state index is 11.1. The van der Waals surface area contributed by atoms with Crippen LogP contribution in [0.25, 0.3) is 0 Å². The molecule has 0 N–H and O–H groups in total. The molecular weight excluding hydrogens is 262 g/mol. The van der Waals surface area contributed by atoms with E-state index in [4.69, 9.17) is 15.9 Å². The lowest BCUT2D eigenvalue weighted by Gasteiger charge is -2.04. The van der Waals surface area contributed by atoms with E-state index in [0.29, 0.717) is 25.2 Å². The smallest absolute Gasteiger partial charge is 0.280 e. The van der Waals surface area contributed by atoms with Crippen molar-refractivity contribution in [3.63, 3.8) is 0 Å². The van der Waals surface area contributed by atoms with Crippen molar-refractivity contribution in [3.05, 3.63) is 12.0 Å². The second-order valence-corrected chi connectivity index (χ2v) is 6.11. The molecule has 0 saturated carbocycles. The summed E-state index contributed by atoms with van der Waals surface area (Å²) < 4.78 is 24.1. The van der Waals surface area contributed by atoms with Gasteiger partial charge in [-0.3, -0.25) is 0 Å². The lowest BCUT2D eigenvalue weighted by molar-refractivity contribution is 0.592. The van der Waals surface area contributed by atoms with Gasteiger partial charge >= 0.3 is 0 Å². The number of nitrogens with zero attached hydrogens (tertiary/aromatic N) is 3. The molecule has 1 aromatic rings. The van der Waals surface area contributed by atoms with Crippen molar-refractivity contribution in [2.45, 2.75) is 44.2 Å². The van der Waals surface area contributed by atoms with E-state index in [2.05, 4.69) is 11.1 Å². The molecule has 94 valence electrons. The summed E-state index contributed by atoms with van der Waals surface area (Å²) in [5, 5.41) is 8.31. The monoisotopic (exact) mass is 275 g/mol. The number of hydrogen-bond acceptors (Lipinski definition) is 4. The number of aryl methyl sites for hydroxylation is 2. The Morgan fingerprint density at radius 1 is 1.53 bits per heavy atom. The van der Waals surface area contributed by atoms with Crippen LogP contribution in [0.4, 0.5) is 0 Å². The number of halogens is 1. The van der Waals surface area contributed by atoms with Crippen molar-refractivity contribution in [1.29, 1.82) is 5.26 Å². The second kappa shape index (κ2) is 6.03. The number of unbranched alkanes of at least 4 members (excludes halogenated alkanes) is 2. The molecule has 0 radical (unpaired) electrons. The molecule has 0 aliphatic rings. The minimum atomic E-state index is -3.76. The molecule has 0 atom stereocenters. The van der Waals surface area contributed by atoms with Gasteiger partial charge in [-0.25, -0.2) is 13.4 Å². The van der Waals surface area contributed by atoms with Crippen LogP contribution >= 0.6 is 10.7 Å². The van der Waals surface area contributed by atoms with Crippen molar-refractivity contribution in [1.82, 2.24) is 9.55 Å². The van der Waals surface area contributed by atoms with E-state index in [-0.39, 0.29) is 5.03 Å². The van der Waals surface area contributed by atoms with Gasteiger partial charge in [0.2, 0.25) is 0 Å². The quantitative estimate of drug-likeness (QED) is 0.588. The van der Waals surface area contributed by atoms with E-state index in [1.165, 1.54) is 6.20 Å². The first kappa shape index (κ1) is 14.0. The average Bonchev–Trinajstić information content (AvgIpc) is 2.67. The zero-order valence-corrected chi connectivity index (χ0v) is 11.1. The predicted octanol–water partition coefficient (Wildman–Crippen LogP) is 2.07. The summed E-state index contributed by atoms with van der Waals surface area (Å²) in [7, 11) is 1.48. The molecule has 0 fully saturated rings. The Bertz CT molecular complexity index is 516. The van der Waals surface area contributed by atoms with Crippen LogP contribution in [-0.4, -0.2) is 18.0 Å². The van der Waals surface area contributed by atoms with Crippen molar-refractivity contribution in [3.8, 4) is 6.07 Å². The zero-order valence-electron chi connectivity index (χ0n) is 9.56. The molecule has 1 rings (SSSR count). The van der Waals surface area contributed by atoms with Crippen LogP contribution in [0.2, 0.25) is 0 Å². The highest BCUT2D eigenvalue weighted by molar-refractivity contribution is 8.13. The largest absolute Gasteiger partial charge is 0.334 e. The molecule has 0 spiro atoms. The predicted molar refractivity (Wildman–Crippen MR) is 64.1 cm³/mol. The third kappa shape index (κ3) is 4.02. The van der Waals surface area contributed by atoms with Crippen LogP contribution in [0.5, 0.6) is 0 Å². The average molecular weight is 276 g/mol. The Labute approximate surface area is 105 Å². The minimum absolute atomic E-state index is 0.101. The molecule has 0 bridgehead atoms. The van der Waals surface area contributed by atoms with Gasteiger partial charge in [0, 0.05) is 36.3 Å². The summed E-state index contributed by atoms with van der Waals surface area (Å²) in [6.45, 7) is 2.56. The third-order valence-electron chi connectivity index (χ3n) is 2.34. The fourth-order valence-electron chi connectivity index (χ4n) is 1.51. The molecule has 5 nitrogen and oxygen atoms in total. The summed E-state index contributed by atoms with van der Waals surface area (Å²) in [5.74, 6) is 0.696. The first-order valence-electron chi connectivity index (χ1n) is 5.36. The fraction of sp³-hybridized carbons (Fsp3) is 0.600. The molecule has 17 heavy (non-hydrogen) atoms. The van der Waals surface area contributed by atoms with Crippen LogP contribution < -0.4 is 0 Å². The first-order valence-corrected chi connectivity index (χ1v) is 7.67. The number of nitriles is 1. The van der Waals surface area contributed by atoms with Gasteiger partial charge in [-0.1, -0.05) is 6.92 Å². The molecule has 0 aliphatic carbocycles. The van der Waals surface area contributed by atoms with E-state index < -0.39 is 9.05 Å². The maximum Gasteiger partial charge on any atom is 0.280 e. The Morgan fingerprint density at radius 2 is 2.24 bits per heavy atom. The van der Waals surface area contributed by atoms with Gasteiger partial charge in [0.25, 0.3) is 9.05 Å². The van der Waals surface area contributed by atoms with Gasteiger partial charge in [0.1, 0.15) is 5.82 Å². The molecule has 1 aromatic heterocycles. The lowest BCUT2D eigenvalue weighted by atomic mass is 10.2. The Kier molecular flexibility index (Phi) is 4.97. The third-order valence-corrected chi connectivity index (χ3v) is 3.51. The molecule has 0 saturated heterocycles. The van der Waals surface area contributed by atoms with Crippen LogP contribution in [-0.2, 0) is 22.0 Å². The summed E-state index contributed by atoms with van der Waals surface area (Å²) in [6, 6.07) is 2.07. The SMILES string of the molecule is CCc1nc(S(=O)(=O)Cl)cn1CCCCC#N. The van der Waals surface area contributed by atoms with Crippen molar-refractivity contribution >= 4 is 19.7 Å². The molecule has 1 heterocycles. The molecule has 0 aromatic carbocycles. The highest BCUT2D eigenvalue weighted by atomic mass is 35.7. The number of imidazole rings is 1. The molecule has 0 unspecified atom stereocenters. The highest BCUT2D eigenvalue weighted by Crippen LogP contribution is 2.15. The van der Waals surface area contributed by atoms with Gasteiger partial charge in [-0.05, 0) is 12.8 Å². The molecule has 0 aliphatic heterocycles. The highest BCUT2D eigenvalue weighted by Gasteiger charge is 2.16. The van der Waals surface area contributed by atoms with Crippen LogP contribution in [0.1, 0.15) is 32.0 Å². The first-order chi connectivity index (χ1) is 7.99. The molecular formula is C10H14ClN3O2S. The normalized spacial score (nSPS) is 11.4. The number of aromatic nitrogens is 2. The van der Waals surface area contributed by atoms with Crippen LogP contribution in [0.15, 0.2) is 11.2 Å². The maximum absolute atomic E-state index is 11.1. The van der Waals surface area contributed by atoms with Crippen LogP contribution in [0, 0.1) is 11.3 Å². The standard InChI is InChI=1S/C10H14ClN3O2S/c1-2-9-13-10(17(11,15)16)8-14(9)7-5-3-4-6-12/h8H,2-5,7H2,1H3. The van der Waals surface area contributed by atoms with E-state index in [0.717, 1.165) is 12.8 Å². The lowest BCUT2D eigenvalue weighted by Crippen LogP contribution is -2.01. The number of rotatable bonds is 6. The number of hydrogen-bond donors (Lipinski definition) is 0. The van der Waals surface area contributed by atoms with Gasteiger partial charge in [-0.2, -0.15) is 5.26 Å². The summed E-state index contributed by atoms with van der Waals surface area (Å²) in [6.07, 6.45) is 4.22. The van der Waals surface area contributed by atoms with Gasteiger partial charge in [0.05, 0.1) is 6.07 Å².